The lowest BCUT2D eigenvalue weighted by molar-refractivity contribution is -0.384. The molecule has 25 heavy (non-hydrogen) atoms. The zero-order chi connectivity index (χ0) is 18.2. The number of benzene rings is 1. The van der Waals surface area contributed by atoms with Crippen molar-refractivity contribution in [2.45, 2.75) is 31.5 Å². The van der Waals surface area contributed by atoms with Gasteiger partial charge in [0.25, 0.3) is 5.69 Å². The van der Waals surface area contributed by atoms with Crippen LogP contribution in [-0.4, -0.2) is 20.6 Å². The van der Waals surface area contributed by atoms with E-state index < -0.39 is 22.7 Å². The van der Waals surface area contributed by atoms with Crippen LogP contribution in [0.25, 0.3) is 0 Å². The number of nitrogens with zero attached hydrogens (tertiary/aromatic N) is 3. The van der Waals surface area contributed by atoms with Crippen molar-refractivity contribution < 1.29 is 22.9 Å². The number of nitrogens with one attached hydrogen (secondary N) is 1. The number of carbonyl (C=O) groups is 1. The van der Waals surface area contributed by atoms with Gasteiger partial charge in [0, 0.05) is 29.4 Å². The minimum absolute atomic E-state index is 0.00391. The van der Waals surface area contributed by atoms with Gasteiger partial charge in [0.05, 0.1) is 4.92 Å². The number of hydrogen-bond donors (Lipinski definition) is 1. The van der Waals surface area contributed by atoms with Crippen molar-refractivity contribution in [3.05, 3.63) is 51.8 Å². The summed E-state index contributed by atoms with van der Waals surface area (Å²) in [6.45, 7) is -0.362. The van der Waals surface area contributed by atoms with Gasteiger partial charge in [-0.3, -0.25) is 19.6 Å². The molecule has 132 valence electrons. The summed E-state index contributed by atoms with van der Waals surface area (Å²) < 4.78 is 39.5. The predicted octanol–water partition coefficient (Wildman–Crippen LogP) is 3.33. The highest BCUT2D eigenvalue weighted by molar-refractivity contribution is 5.90. The van der Waals surface area contributed by atoms with Crippen LogP contribution in [0.1, 0.15) is 30.1 Å². The van der Waals surface area contributed by atoms with Crippen LogP contribution >= 0.6 is 0 Å². The van der Waals surface area contributed by atoms with Crippen LogP contribution in [0.4, 0.5) is 24.5 Å². The van der Waals surface area contributed by atoms with Gasteiger partial charge in [-0.25, -0.2) is 0 Å². The number of amides is 1. The zero-order valence-corrected chi connectivity index (χ0v) is 12.8. The van der Waals surface area contributed by atoms with E-state index in [9.17, 15) is 28.1 Å². The number of rotatable bonds is 5. The second kappa shape index (κ2) is 6.19. The lowest BCUT2D eigenvalue weighted by Gasteiger charge is -2.08. The van der Waals surface area contributed by atoms with Crippen molar-refractivity contribution >= 4 is 17.3 Å². The van der Waals surface area contributed by atoms with Crippen LogP contribution in [0.15, 0.2) is 30.3 Å². The van der Waals surface area contributed by atoms with Gasteiger partial charge in [-0.2, -0.15) is 18.3 Å². The van der Waals surface area contributed by atoms with Crippen LogP contribution in [0, 0.1) is 10.1 Å². The van der Waals surface area contributed by atoms with Crippen molar-refractivity contribution in [2.24, 2.45) is 0 Å². The van der Waals surface area contributed by atoms with E-state index in [-0.39, 0.29) is 18.2 Å². The summed E-state index contributed by atoms with van der Waals surface area (Å²) in [4.78, 5) is 22.1. The number of nitro benzene ring substituents is 1. The molecule has 1 amide bonds. The molecule has 0 radical (unpaired) electrons. The standard InChI is InChI=1S/C15H13F3N4O3/c16-15(17,18)13-7-12(9-1-2-9)21(20-13)8-14(23)19-10-3-5-11(6-4-10)22(24)25/h3-7,9H,1-2,8H2,(H,19,23). The molecule has 0 spiro atoms. The van der Waals surface area contributed by atoms with E-state index in [1.165, 1.54) is 24.3 Å². The van der Waals surface area contributed by atoms with Gasteiger partial charge in [0.2, 0.25) is 5.91 Å². The first-order valence-corrected chi connectivity index (χ1v) is 7.43. The summed E-state index contributed by atoms with van der Waals surface area (Å²) in [5.41, 5.74) is -0.439. The first kappa shape index (κ1) is 16.9. The monoisotopic (exact) mass is 354 g/mol. The molecule has 1 aliphatic rings. The van der Waals surface area contributed by atoms with Crippen molar-refractivity contribution in [2.75, 3.05) is 5.32 Å². The Hall–Kier alpha value is -2.91. The highest BCUT2D eigenvalue weighted by atomic mass is 19.4. The van der Waals surface area contributed by atoms with Gasteiger partial charge in [-0.1, -0.05) is 0 Å². The Morgan fingerprint density at radius 3 is 2.48 bits per heavy atom. The summed E-state index contributed by atoms with van der Waals surface area (Å²) in [6, 6.07) is 6.13. The molecular formula is C15H13F3N4O3. The molecule has 0 bridgehead atoms. The van der Waals surface area contributed by atoms with E-state index in [1.807, 2.05) is 0 Å². The fraction of sp³-hybridized carbons (Fsp3) is 0.333. The molecule has 7 nitrogen and oxygen atoms in total. The van der Waals surface area contributed by atoms with Gasteiger partial charge >= 0.3 is 6.18 Å². The number of alkyl halides is 3. The average Bonchev–Trinajstić information content (AvgIpc) is 3.27. The summed E-state index contributed by atoms with van der Waals surface area (Å²) >= 11 is 0. The number of nitro groups is 1. The maximum absolute atomic E-state index is 12.8. The summed E-state index contributed by atoms with van der Waals surface area (Å²) in [5, 5.41) is 16.6. The summed E-state index contributed by atoms with van der Waals surface area (Å²) in [5.74, 6) is -0.566. The fourth-order valence-corrected chi connectivity index (χ4v) is 2.41. The van der Waals surface area contributed by atoms with E-state index in [2.05, 4.69) is 10.4 Å². The molecule has 1 aromatic heterocycles. The Labute approximate surface area is 139 Å². The lowest BCUT2D eigenvalue weighted by Crippen LogP contribution is -2.21. The highest BCUT2D eigenvalue weighted by Gasteiger charge is 2.38. The molecule has 1 fully saturated rings. The largest absolute Gasteiger partial charge is 0.435 e. The Kier molecular flexibility index (Phi) is 4.19. The number of carbonyl (C=O) groups excluding carboxylic acids is 1. The third kappa shape index (κ3) is 3.95. The normalized spacial score (nSPS) is 14.4. The molecular weight excluding hydrogens is 341 g/mol. The van der Waals surface area contributed by atoms with Gasteiger partial charge in [0.1, 0.15) is 6.54 Å². The number of hydrogen-bond acceptors (Lipinski definition) is 4. The minimum Gasteiger partial charge on any atom is -0.324 e. The Morgan fingerprint density at radius 1 is 1.32 bits per heavy atom. The van der Waals surface area contributed by atoms with E-state index >= 15 is 0 Å². The van der Waals surface area contributed by atoms with Gasteiger partial charge < -0.3 is 5.32 Å². The van der Waals surface area contributed by atoms with Gasteiger partial charge in [-0.15, -0.1) is 0 Å². The third-order valence-corrected chi connectivity index (χ3v) is 3.75. The Morgan fingerprint density at radius 2 is 1.96 bits per heavy atom. The first-order chi connectivity index (χ1) is 11.7. The second-order valence-corrected chi connectivity index (χ2v) is 5.74. The van der Waals surface area contributed by atoms with Crippen molar-refractivity contribution in [1.82, 2.24) is 9.78 Å². The number of non-ortho nitro benzene ring substituents is 1. The highest BCUT2D eigenvalue weighted by Crippen LogP contribution is 2.42. The zero-order valence-electron chi connectivity index (χ0n) is 12.8. The molecule has 0 saturated heterocycles. The molecule has 0 atom stereocenters. The van der Waals surface area contributed by atoms with Crippen molar-refractivity contribution in [3.8, 4) is 0 Å². The smallest absolute Gasteiger partial charge is 0.324 e. The van der Waals surface area contributed by atoms with Gasteiger partial charge in [-0.05, 0) is 31.0 Å². The Bertz CT molecular complexity index is 810. The third-order valence-electron chi connectivity index (χ3n) is 3.75. The molecule has 0 aliphatic heterocycles. The molecule has 3 rings (SSSR count). The van der Waals surface area contributed by atoms with E-state index in [0.29, 0.717) is 11.4 Å². The van der Waals surface area contributed by atoms with Crippen LogP contribution in [0.5, 0.6) is 0 Å². The Balaban J connectivity index is 1.72. The van der Waals surface area contributed by atoms with Crippen LogP contribution in [-0.2, 0) is 17.5 Å². The molecule has 1 saturated carbocycles. The quantitative estimate of drug-likeness (QED) is 0.659. The average molecular weight is 354 g/mol. The maximum Gasteiger partial charge on any atom is 0.435 e. The van der Waals surface area contributed by atoms with E-state index in [1.54, 1.807) is 0 Å². The molecule has 1 N–H and O–H groups in total. The summed E-state index contributed by atoms with van der Waals surface area (Å²) in [6.07, 6.45) is -3.02. The molecule has 1 heterocycles. The SMILES string of the molecule is O=C(Cn1nc(C(F)(F)F)cc1C1CC1)Nc1ccc([N+](=O)[O-])cc1. The minimum atomic E-state index is -4.57. The number of halogens is 3. The first-order valence-electron chi connectivity index (χ1n) is 7.43. The van der Waals surface area contributed by atoms with Crippen LogP contribution in [0.3, 0.4) is 0 Å². The molecule has 10 heteroatoms. The fourth-order valence-electron chi connectivity index (χ4n) is 2.41. The molecule has 1 aromatic carbocycles. The second-order valence-electron chi connectivity index (χ2n) is 5.74. The lowest BCUT2D eigenvalue weighted by atomic mass is 10.2. The predicted molar refractivity (Wildman–Crippen MR) is 80.9 cm³/mol. The topological polar surface area (TPSA) is 90.1 Å². The van der Waals surface area contributed by atoms with Gasteiger partial charge in [0.15, 0.2) is 5.69 Å². The van der Waals surface area contributed by atoms with Crippen molar-refractivity contribution in [1.29, 1.82) is 0 Å². The van der Waals surface area contributed by atoms with Crippen LogP contribution in [0.2, 0.25) is 0 Å². The number of aromatic nitrogens is 2. The van der Waals surface area contributed by atoms with E-state index in [0.717, 1.165) is 23.6 Å². The number of anilines is 1. The summed E-state index contributed by atoms with van der Waals surface area (Å²) in [7, 11) is 0. The van der Waals surface area contributed by atoms with E-state index in [4.69, 9.17) is 0 Å². The molecule has 0 unspecified atom stereocenters. The molecule has 2 aromatic rings. The van der Waals surface area contributed by atoms with Crippen LogP contribution < -0.4 is 5.32 Å². The molecule has 1 aliphatic carbocycles. The maximum atomic E-state index is 12.8. The van der Waals surface area contributed by atoms with Crippen molar-refractivity contribution in [3.63, 3.8) is 0 Å².